The number of carbonyl (C=O) groups excluding carboxylic acids is 3. The molecule has 0 saturated heterocycles. The van der Waals surface area contributed by atoms with Crippen LogP contribution in [0.15, 0.2) is 47.8 Å². The Bertz CT molecular complexity index is 1290. The Labute approximate surface area is 235 Å². The molecule has 10 nitrogen and oxygen atoms in total. The second kappa shape index (κ2) is 12.7. The van der Waals surface area contributed by atoms with Crippen LogP contribution in [0.5, 0.6) is 0 Å². The zero-order valence-electron chi connectivity index (χ0n) is 23.9. The predicted molar refractivity (Wildman–Crippen MR) is 152 cm³/mol. The van der Waals surface area contributed by atoms with Crippen LogP contribution in [0.1, 0.15) is 69.3 Å². The lowest BCUT2D eigenvalue weighted by Gasteiger charge is -2.47. The number of esters is 1. The van der Waals surface area contributed by atoms with E-state index in [1.54, 1.807) is 40.6 Å². The van der Waals surface area contributed by atoms with E-state index in [1.807, 2.05) is 0 Å². The summed E-state index contributed by atoms with van der Waals surface area (Å²) in [4.78, 5) is 55.0. The summed E-state index contributed by atoms with van der Waals surface area (Å²) in [5, 5.41) is 5.49. The minimum Gasteiger partial charge on any atom is -0.466 e. The highest BCUT2D eigenvalue weighted by atomic mass is 16.5. The zero-order chi connectivity index (χ0) is 28.9. The highest BCUT2D eigenvalue weighted by Crippen LogP contribution is 2.50. The number of nitrogens with one attached hydrogen (secondary N) is 2. The largest absolute Gasteiger partial charge is 0.466 e. The fraction of sp³-hybridized carbons (Fsp3) is 0.567. The van der Waals surface area contributed by atoms with Crippen molar-refractivity contribution in [1.29, 1.82) is 0 Å². The number of hydrogen-bond acceptors (Lipinski definition) is 6. The summed E-state index contributed by atoms with van der Waals surface area (Å²) in [7, 11) is 2.97. The number of allylic oxidation sites excluding steroid dienone is 1. The van der Waals surface area contributed by atoms with E-state index in [4.69, 9.17) is 0 Å². The van der Waals surface area contributed by atoms with Gasteiger partial charge in [0.1, 0.15) is 17.4 Å². The number of amides is 2. The smallest absolute Gasteiger partial charge is 0.330 e. The molecule has 0 aliphatic heterocycles. The van der Waals surface area contributed by atoms with E-state index in [2.05, 4.69) is 34.2 Å². The van der Waals surface area contributed by atoms with Crippen molar-refractivity contribution in [3.05, 3.63) is 59.1 Å². The van der Waals surface area contributed by atoms with Gasteiger partial charge in [-0.2, -0.15) is 0 Å². The van der Waals surface area contributed by atoms with Gasteiger partial charge in [-0.3, -0.25) is 14.4 Å². The van der Waals surface area contributed by atoms with Gasteiger partial charge in [-0.1, -0.05) is 19.9 Å². The molecule has 3 unspecified atom stereocenters. The maximum Gasteiger partial charge on any atom is 0.330 e. The third kappa shape index (κ3) is 7.28. The van der Waals surface area contributed by atoms with Crippen molar-refractivity contribution in [2.45, 2.75) is 71.4 Å². The van der Waals surface area contributed by atoms with Crippen molar-refractivity contribution in [3.63, 3.8) is 0 Å². The Kier molecular flexibility index (Phi) is 9.27. The van der Waals surface area contributed by atoms with Crippen LogP contribution < -0.4 is 16.2 Å². The number of hydrogen-bond donors (Lipinski definition) is 2. The minimum atomic E-state index is -0.949. The molecule has 0 aromatic carbocycles. The van der Waals surface area contributed by atoms with Crippen molar-refractivity contribution in [1.82, 2.24) is 19.4 Å². The first-order valence-corrected chi connectivity index (χ1v) is 14.1. The van der Waals surface area contributed by atoms with Crippen LogP contribution in [0.4, 0.5) is 5.69 Å². The van der Waals surface area contributed by atoms with Crippen molar-refractivity contribution in [3.8, 4) is 0 Å². The SMILES string of the molecule is COC(=O)/C=C/CCC(NC(=O)c1cncn1C)C(=O)Nc1cccn(CC2(C)CC3CC(C)CC(C3)C2)c1=O. The molecule has 2 heterocycles. The third-order valence-corrected chi connectivity index (χ3v) is 8.28. The molecule has 2 saturated carbocycles. The summed E-state index contributed by atoms with van der Waals surface area (Å²) in [5.74, 6) is 0.717. The van der Waals surface area contributed by atoms with E-state index >= 15 is 0 Å². The van der Waals surface area contributed by atoms with Gasteiger partial charge in [0.25, 0.3) is 11.5 Å². The number of rotatable bonds is 10. The average molecular weight is 552 g/mol. The van der Waals surface area contributed by atoms with Gasteiger partial charge in [0.15, 0.2) is 0 Å². The number of aromatic nitrogens is 3. The van der Waals surface area contributed by atoms with Gasteiger partial charge < -0.3 is 24.5 Å². The van der Waals surface area contributed by atoms with Crippen LogP contribution in [-0.4, -0.2) is 45.1 Å². The number of nitrogens with zero attached hydrogens (tertiary/aromatic N) is 3. The number of imidazole rings is 1. The van der Waals surface area contributed by atoms with Gasteiger partial charge in [-0.05, 0) is 80.2 Å². The minimum absolute atomic E-state index is 0.0335. The first-order valence-electron chi connectivity index (χ1n) is 14.1. The van der Waals surface area contributed by atoms with Crippen LogP contribution in [0.3, 0.4) is 0 Å². The monoisotopic (exact) mass is 551 g/mol. The van der Waals surface area contributed by atoms with Crippen LogP contribution in [-0.2, 0) is 27.9 Å². The molecule has 2 aromatic heterocycles. The highest BCUT2D eigenvalue weighted by Gasteiger charge is 2.41. The fourth-order valence-electron chi connectivity index (χ4n) is 6.81. The number of carbonyl (C=O) groups is 3. The molecule has 2 fully saturated rings. The number of pyridine rings is 1. The Morgan fingerprint density at radius 1 is 1.23 bits per heavy atom. The lowest BCUT2D eigenvalue weighted by molar-refractivity contribution is -0.134. The molecule has 216 valence electrons. The number of fused-ring (bicyclic) bond motifs is 2. The summed E-state index contributed by atoms with van der Waals surface area (Å²) >= 11 is 0. The Morgan fingerprint density at radius 3 is 2.60 bits per heavy atom. The van der Waals surface area contributed by atoms with Crippen molar-refractivity contribution in [2.75, 3.05) is 12.4 Å². The van der Waals surface area contributed by atoms with E-state index in [0.717, 1.165) is 18.8 Å². The topological polar surface area (TPSA) is 124 Å². The summed E-state index contributed by atoms with van der Waals surface area (Å²) in [6.07, 6.45) is 14.1. The Hall–Kier alpha value is -3.69. The second-order valence-corrected chi connectivity index (χ2v) is 12.0. The lowest BCUT2D eigenvalue weighted by Crippen LogP contribution is -2.45. The molecule has 2 N–H and O–H groups in total. The van der Waals surface area contributed by atoms with E-state index in [1.165, 1.54) is 45.0 Å². The molecule has 2 amide bonds. The normalized spacial score (nSPS) is 24.9. The van der Waals surface area contributed by atoms with Crippen LogP contribution in [0.25, 0.3) is 0 Å². The summed E-state index contributed by atoms with van der Waals surface area (Å²) < 4.78 is 7.86. The van der Waals surface area contributed by atoms with Crippen LogP contribution in [0, 0.1) is 23.2 Å². The number of methoxy groups -OCH3 is 1. The number of anilines is 1. The number of aryl methyl sites for hydroxylation is 1. The maximum atomic E-state index is 13.5. The van der Waals surface area contributed by atoms with E-state index in [0.29, 0.717) is 30.5 Å². The molecule has 3 atom stereocenters. The maximum absolute atomic E-state index is 13.5. The average Bonchev–Trinajstić information content (AvgIpc) is 3.32. The molecular weight excluding hydrogens is 510 g/mol. The molecular formula is C30H41N5O5. The molecule has 0 radical (unpaired) electrons. The standard InChI is InChI=1S/C30H41N5O5/c1-20-12-21-14-22(13-20)16-30(2,15-21)18-35-11-7-9-24(29(35)39)33-27(37)23(8-5-6-10-26(36)40-4)32-28(38)25-17-31-19-34(25)3/h6-7,9-11,17,19-23H,5,8,12-16,18H2,1-4H3,(H,32,38)(H,33,37)/b10-6+. The molecule has 4 rings (SSSR count). The number of ether oxygens (including phenoxy) is 1. The van der Waals surface area contributed by atoms with Gasteiger partial charge >= 0.3 is 5.97 Å². The van der Waals surface area contributed by atoms with Gasteiger partial charge in [0, 0.05) is 25.9 Å². The van der Waals surface area contributed by atoms with Gasteiger partial charge in [0.05, 0.1) is 19.6 Å². The van der Waals surface area contributed by atoms with E-state index in [9.17, 15) is 19.2 Å². The fourth-order valence-corrected chi connectivity index (χ4v) is 6.81. The molecule has 2 aliphatic rings. The molecule has 2 aromatic rings. The quantitative estimate of drug-likeness (QED) is 0.343. The molecule has 2 aliphatic carbocycles. The first-order chi connectivity index (χ1) is 19.1. The summed E-state index contributed by atoms with van der Waals surface area (Å²) in [5.41, 5.74) is 0.241. The van der Waals surface area contributed by atoms with Crippen LogP contribution >= 0.6 is 0 Å². The molecule has 0 spiro atoms. The van der Waals surface area contributed by atoms with Crippen LogP contribution in [0.2, 0.25) is 0 Å². The molecule has 40 heavy (non-hydrogen) atoms. The molecule has 10 heteroatoms. The molecule has 2 bridgehead atoms. The van der Waals surface area contributed by atoms with Gasteiger partial charge in [-0.25, -0.2) is 9.78 Å². The third-order valence-electron chi connectivity index (χ3n) is 8.28. The highest BCUT2D eigenvalue weighted by molar-refractivity contribution is 6.00. The Morgan fingerprint density at radius 2 is 1.95 bits per heavy atom. The zero-order valence-corrected chi connectivity index (χ0v) is 23.9. The lowest BCUT2D eigenvalue weighted by atomic mass is 9.59. The van der Waals surface area contributed by atoms with E-state index < -0.39 is 23.8 Å². The predicted octanol–water partition coefficient (Wildman–Crippen LogP) is 3.68. The van der Waals surface area contributed by atoms with Gasteiger partial charge in [0.2, 0.25) is 5.91 Å². The summed E-state index contributed by atoms with van der Waals surface area (Å²) in [6.45, 7) is 5.24. The van der Waals surface area contributed by atoms with Crippen molar-refractivity contribution in [2.24, 2.45) is 30.2 Å². The first kappa shape index (κ1) is 29.3. The second-order valence-electron chi connectivity index (χ2n) is 12.0. The van der Waals surface area contributed by atoms with Crippen molar-refractivity contribution < 1.29 is 19.1 Å². The van der Waals surface area contributed by atoms with Crippen molar-refractivity contribution >= 4 is 23.5 Å². The van der Waals surface area contributed by atoms with Gasteiger partial charge in [-0.15, -0.1) is 0 Å². The summed E-state index contributed by atoms with van der Waals surface area (Å²) in [6, 6.07) is 2.41. The Balaban J connectivity index is 1.47. The van der Waals surface area contributed by atoms with E-state index in [-0.39, 0.29) is 23.1 Å².